The van der Waals surface area contributed by atoms with Crippen LogP contribution in [-0.2, 0) is 0 Å². The van der Waals surface area contributed by atoms with Gasteiger partial charge in [-0.3, -0.25) is 9.59 Å². The maximum Gasteiger partial charge on any atom is 0.268 e. The van der Waals surface area contributed by atoms with E-state index in [1.165, 1.54) is 4.90 Å². The molecule has 0 N–H and O–H groups in total. The minimum absolute atomic E-state index is 0.279. The Labute approximate surface area is 369 Å². The van der Waals surface area contributed by atoms with Gasteiger partial charge < -0.3 is 4.57 Å². The second kappa shape index (κ2) is 15.4. The molecule has 0 radical (unpaired) electrons. The molecule has 2 heterocycles. The molecular weight excluding hydrogens is 785 g/mol. The van der Waals surface area contributed by atoms with E-state index in [1.807, 2.05) is 152 Å². The van der Waals surface area contributed by atoms with Crippen molar-refractivity contribution in [3.8, 4) is 67.4 Å². The van der Waals surface area contributed by atoms with Crippen molar-refractivity contribution in [3.05, 3.63) is 234 Å². The average molecular weight is 819 g/mol. The molecule has 1 aliphatic rings. The minimum atomic E-state index is -0.441. The number of benzene rings is 9. The Bertz CT molecular complexity index is 3440. The number of fused-ring (bicyclic) bond motifs is 4. The molecule has 0 saturated heterocycles. The zero-order valence-corrected chi connectivity index (χ0v) is 34.2. The number of aromatic nitrogens is 1. The number of carbonyl (C=O) groups is 2. The van der Waals surface area contributed by atoms with Crippen LogP contribution in [-0.4, -0.2) is 16.4 Å². The molecule has 298 valence electrons. The highest BCUT2D eigenvalue weighted by Gasteiger charge is 2.42. The van der Waals surface area contributed by atoms with E-state index in [1.54, 1.807) is 18.2 Å². The largest absolute Gasteiger partial charge is 0.307 e. The average Bonchev–Trinajstić information content (AvgIpc) is 3.84. The summed E-state index contributed by atoms with van der Waals surface area (Å²) in [5.74, 6) is -0.861. The van der Waals surface area contributed by atoms with Crippen LogP contribution in [0.3, 0.4) is 0 Å². The Morgan fingerprint density at radius 1 is 0.438 bits per heavy atom. The Balaban J connectivity index is 1.22. The van der Waals surface area contributed by atoms with E-state index < -0.39 is 11.8 Å². The monoisotopic (exact) mass is 818 g/mol. The van der Waals surface area contributed by atoms with Gasteiger partial charge in [0.1, 0.15) is 0 Å². The number of imide groups is 1. The van der Waals surface area contributed by atoms with Crippen molar-refractivity contribution >= 4 is 45.0 Å². The summed E-state index contributed by atoms with van der Waals surface area (Å²) in [6, 6.07) is 69.2. The molecule has 2 amide bonds. The van der Waals surface area contributed by atoms with Crippen LogP contribution in [0.5, 0.6) is 0 Å². The summed E-state index contributed by atoms with van der Waals surface area (Å²) in [6.07, 6.45) is 0. The Hall–Kier alpha value is -9.10. The highest BCUT2D eigenvalue weighted by Crippen LogP contribution is 2.48. The summed E-state index contributed by atoms with van der Waals surface area (Å²) in [5.41, 5.74) is 12.8. The molecule has 0 fully saturated rings. The highest BCUT2D eigenvalue weighted by atomic mass is 16.2. The van der Waals surface area contributed by atoms with Gasteiger partial charge in [0, 0.05) is 33.0 Å². The SMILES string of the molecule is [C-]#[N+]c1cccc(-c2cccc3c4cccc(-c5cccc(C#N)c5)c4n(-c4cccc5c4C(=O)N(c4c(-c6ccccc6)cc(-c6ccccc6)cc4-c4ccccc4)C5=O)c23)c1. The maximum absolute atomic E-state index is 15.8. The fourth-order valence-corrected chi connectivity index (χ4v) is 9.33. The van der Waals surface area contributed by atoms with Crippen molar-refractivity contribution in [1.29, 1.82) is 5.26 Å². The van der Waals surface area contributed by atoms with Gasteiger partial charge in [-0.15, -0.1) is 0 Å². The van der Waals surface area contributed by atoms with Crippen LogP contribution in [0.15, 0.2) is 206 Å². The number of anilines is 1. The molecule has 0 aliphatic carbocycles. The number of hydrogen-bond donors (Lipinski definition) is 0. The summed E-state index contributed by atoms with van der Waals surface area (Å²) < 4.78 is 2.11. The van der Waals surface area contributed by atoms with Gasteiger partial charge >= 0.3 is 0 Å². The second-order valence-corrected chi connectivity index (χ2v) is 15.8. The zero-order chi connectivity index (χ0) is 43.3. The third-order valence-electron chi connectivity index (χ3n) is 12.1. The molecule has 6 heteroatoms. The fraction of sp³-hybridized carbons (Fsp3) is 0. The normalized spacial score (nSPS) is 12.1. The molecule has 0 saturated carbocycles. The van der Waals surface area contributed by atoms with Crippen LogP contribution in [0.4, 0.5) is 11.4 Å². The molecule has 0 atom stereocenters. The van der Waals surface area contributed by atoms with E-state index in [0.717, 1.165) is 77.4 Å². The van der Waals surface area contributed by atoms with E-state index in [9.17, 15) is 5.26 Å². The molecule has 6 nitrogen and oxygen atoms in total. The van der Waals surface area contributed by atoms with Crippen molar-refractivity contribution in [2.45, 2.75) is 0 Å². The molecule has 64 heavy (non-hydrogen) atoms. The van der Waals surface area contributed by atoms with Crippen molar-refractivity contribution in [2.75, 3.05) is 4.90 Å². The molecule has 1 aliphatic heterocycles. The van der Waals surface area contributed by atoms with Crippen molar-refractivity contribution in [3.63, 3.8) is 0 Å². The quantitative estimate of drug-likeness (QED) is 0.119. The van der Waals surface area contributed by atoms with Gasteiger partial charge in [0.05, 0.1) is 51.7 Å². The Kier molecular flexibility index (Phi) is 9.12. The van der Waals surface area contributed by atoms with Crippen LogP contribution in [0.1, 0.15) is 26.3 Å². The van der Waals surface area contributed by atoms with Crippen LogP contribution < -0.4 is 4.90 Å². The van der Waals surface area contributed by atoms with E-state index in [4.69, 9.17) is 6.57 Å². The molecular formula is C58H34N4O2. The van der Waals surface area contributed by atoms with Gasteiger partial charge in [0.15, 0.2) is 5.69 Å². The fourth-order valence-electron chi connectivity index (χ4n) is 9.33. The first kappa shape index (κ1) is 37.9. The number of nitrogens with zero attached hydrogens (tertiary/aromatic N) is 4. The van der Waals surface area contributed by atoms with Gasteiger partial charge in [0.2, 0.25) is 0 Å². The third kappa shape index (κ3) is 6.10. The van der Waals surface area contributed by atoms with Gasteiger partial charge in [0.25, 0.3) is 11.8 Å². The lowest BCUT2D eigenvalue weighted by Crippen LogP contribution is -2.30. The number of carbonyl (C=O) groups excluding carboxylic acids is 2. The zero-order valence-electron chi connectivity index (χ0n) is 34.2. The first-order chi connectivity index (χ1) is 31.5. The third-order valence-corrected chi connectivity index (χ3v) is 12.1. The number of nitriles is 1. The summed E-state index contributed by atoms with van der Waals surface area (Å²) >= 11 is 0. The first-order valence-electron chi connectivity index (χ1n) is 20.9. The number of para-hydroxylation sites is 2. The second-order valence-electron chi connectivity index (χ2n) is 15.8. The summed E-state index contributed by atoms with van der Waals surface area (Å²) in [7, 11) is 0. The molecule has 11 rings (SSSR count). The minimum Gasteiger partial charge on any atom is -0.307 e. The van der Waals surface area contributed by atoms with Crippen LogP contribution in [0, 0.1) is 17.9 Å². The van der Waals surface area contributed by atoms with Crippen LogP contribution in [0.2, 0.25) is 0 Å². The van der Waals surface area contributed by atoms with Gasteiger partial charge in [-0.25, -0.2) is 9.74 Å². The Morgan fingerprint density at radius 2 is 0.938 bits per heavy atom. The van der Waals surface area contributed by atoms with E-state index in [2.05, 4.69) is 51.9 Å². The highest BCUT2D eigenvalue weighted by molar-refractivity contribution is 6.37. The number of hydrogen-bond acceptors (Lipinski definition) is 3. The van der Waals surface area contributed by atoms with Gasteiger partial charge in [-0.05, 0) is 75.8 Å². The molecule has 0 bridgehead atoms. The molecule has 0 spiro atoms. The summed E-state index contributed by atoms with van der Waals surface area (Å²) in [4.78, 5) is 36.3. The lowest BCUT2D eigenvalue weighted by Gasteiger charge is -2.24. The van der Waals surface area contributed by atoms with E-state index in [-0.39, 0.29) is 5.56 Å². The smallest absolute Gasteiger partial charge is 0.268 e. The predicted molar refractivity (Wildman–Crippen MR) is 257 cm³/mol. The van der Waals surface area contributed by atoms with Crippen molar-refractivity contribution < 1.29 is 9.59 Å². The Morgan fingerprint density at radius 3 is 1.52 bits per heavy atom. The standard InChI is InChI=1S/C58H34N4O2/c1-60-44-25-12-24-42(33-44)46-27-14-29-48-47-28-13-26-45(41-23-11-16-37(32-41)36-59)54(47)61(55(46)48)52-31-15-30-49-53(52)58(64)62(57(49)63)56-50(39-19-7-3-8-20-39)34-43(38-17-5-2-6-18-38)35-51(56)40-21-9-4-10-22-40/h2-35H. The van der Waals surface area contributed by atoms with Crippen LogP contribution in [0.25, 0.3) is 88.0 Å². The lowest BCUT2D eigenvalue weighted by atomic mass is 9.90. The first-order valence-corrected chi connectivity index (χ1v) is 20.9. The van der Waals surface area contributed by atoms with Gasteiger partial charge in [-0.2, -0.15) is 5.26 Å². The summed E-state index contributed by atoms with van der Waals surface area (Å²) in [5, 5.41) is 11.8. The molecule has 0 unspecified atom stereocenters. The summed E-state index contributed by atoms with van der Waals surface area (Å²) in [6.45, 7) is 7.82. The number of amides is 2. The van der Waals surface area contributed by atoms with Gasteiger partial charge in [-0.1, -0.05) is 164 Å². The lowest BCUT2D eigenvalue weighted by molar-refractivity contribution is 0.0926. The predicted octanol–water partition coefficient (Wildman–Crippen LogP) is 14.3. The molecule has 1 aromatic heterocycles. The van der Waals surface area contributed by atoms with Crippen LogP contribution >= 0.6 is 0 Å². The number of rotatable bonds is 7. The van der Waals surface area contributed by atoms with E-state index >= 15 is 9.59 Å². The van der Waals surface area contributed by atoms with E-state index in [0.29, 0.717) is 28.2 Å². The van der Waals surface area contributed by atoms with Crippen molar-refractivity contribution in [1.82, 2.24) is 4.57 Å². The molecule has 10 aromatic rings. The maximum atomic E-state index is 15.8. The topological polar surface area (TPSA) is 70.5 Å². The van der Waals surface area contributed by atoms with Crippen molar-refractivity contribution in [2.24, 2.45) is 0 Å². The molecule has 9 aromatic carbocycles.